The Bertz CT molecular complexity index is 1410. The normalized spacial score (nSPS) is 10.9. The number of nitrogens with zero attached hydrogens (tertiary/aromatic N) is 1. The first-order valence-electron chi connectivity index (χ1n) is 11.8. The van der Waals surface area contributed by atoms with Crippen molar-refractivity contribution in [2.75, 3.05) is 20.8 Å². The highest BCUT2D eigenvalue weighted by molar-refractivity contribution is 7.80. The molecule has 0 fully saturated rings. The molecule has 0 aliphatic rings. The van der Waals surface area contributed by atoms with Gasteiger partial charge in [0.2, 0.25) is 0 Å². The zero-order valence-electron chi connectivity index (χ0n) is 21.0. The Kier molecular flexibility index (Phi) is 7.95. The van der Waals surface area contributed by atoms with Gasteiger partial charge in [0.25, 0.3) is 5.56 Å². The number of aromatic amines is 1. The van der Waals surface area contributed by atoms with Crippen LogP contribution < -0.4 is 20.3 Å². The van der Waals surface area contributed by atoms with Gasteiger partial charge in [-0.3, -0.25) is 4.79 Å². The molecule has 2 aromatic heterocycles. The summed E-state index contributed by atoms with van der Waals surface area (Å²) >= 11 is 5.75. The third-order valence-electron chi connectivity index (χ3n) is 6.08. The van der Waals surface area contributed by atoms with E-state index in [1.54, 1.807) is 20.5 Å². The van der Waals surface area contributed by atoms with E-state index < -0.39 is 0 Å². The fourth-order valence-corrected chi connectivity index (χ4v) is 4.54. The first-order chi connectivity index (χ1) is 17.4. The number of ether oxygens (including phenoxy) is 2. The SMILES string of the molecule is COc1ccc(CCNC(=S)N(Cc2ccco2)Cc2cc3cc(C)cc(C)c3[nH]c2=O)cc1OC. The van der Waals surface area contributed by atoms with Gasteiger partial charge in [-0.05, 0) is 85.4 Å². The molecule has 36 heavy (non-hydrogen) atoms. The van der Waals surface area contributed by atoms with Crippen LogP contribution in [0, 0.1) is 13.8 Å². The molecule has 0 aliphatic carbocycles. The molecule has 7 nitrogen and oxygen atoms in total. The van der Waals surface area contributed by atoms with Crippen molar-refractivity contribution < 1.29 is 13.9 Å². The minimum atomic E-state index is -0.118. The highest BCUT2D eigenvalue weighted by atomic mass is 32.1. The van der Waals surface area contributed by atoms with Crippen molar-refractivity contribution in [2.24, 2.45) is 0 Å². The van der Waals surface area contributed by atoms with Crippen molar-refractivity contribution >= 4 is 28.2 Å². The molecule has 0 bridgehead atoms. The maximum atomic E-state index is 13.0. The van der Waals surface area contributed by atoms with E-state index in [1.165, 1.54) is 0 Å². The summed E-state index contributed by atoms with van der Waals surface area (Å²) in [5.74, 6) is 2.15. The number of rotatable bonds is 9. The molecule has 2 heterocycles. The van der Waals surface area contributed by atoms with Crippen LogP contribution in [0.5, 0.6) is 11.5 Å². The number of thiocarbonyl (C=S) groups is 1. The summed E-state index contributed by atoms with van der Waals surface area (Å²) in [7, 11) is 3.24. The van der Waals surface area contributed by atoms with Gasteiger partial charge in [0.15, 0.2) is 16.6 Å². The van der Waals surface area contributed by atoms with Crippen LogP contribution in [0.2, 0.25) is 0 Å². The number of aromatic nitrogens is 1. The van der Waals surface area contributed by atoms with Crippen LogP contribution in [0.15, 0.2) is 64.0 Å². The Morgan fingerprint density at radius 1 is 1.06 bits per heavy atom. The monoisotopic (exact) mass is 505 g/mol. The van der Waals surface area contributed by atoms with E-state index in [0.29, 0.717) is 41.8 Å². The van der Waals surface area contributed by atoms with Gasteiger partial charge < -0.3 is 29.1 Å². The third kappa shape index (κ3) is 5.88. The molecule has 4 rings (SSSR count). The van der Waals surface area contributed by atoms with Crippen LogP contribution in [0.1, 0.15) is 28.0 Å². The van der Waals surface area contributed by atoms with Gasteiger partial charge in [0.05, 0.1) is 39.1 Å². The van der Waals surface area contributed by atoms with E-state index in [4.69, 9.17) is 26.1 Å². The highest BCUT2D eigenvalue weighted by Gasteiger charge is 2.16. The average Bonchev–Trinajstić information content (AvgIpc) is 3.37. The Hall–Kier alpha value is -3.78. The summed E-state index contributed by atoms with van der Waals surface area (Å²) in [5, 5.41) is 4.89. The highest BCUT2D eigenvalue weighted by Crippen LogP contribution is 2.27. The van der Waals surface area contributed by atoms with Crippen molar-refractivity contribution in [1.82, 2.24) is 15.2 Å². The third-order valence-corrected chi connectivity index (χ3v) is 6.49. The summed E-state index contributed by atoms with van der Waals surface area (Å²) in [5.41, 5.74) is 4.68. The number of hydrogen-bond acceptors (Lipinski definition) is 5. The molecule has 0 unspecified atom stereocenters. The van der Waals surface area contributed by atoms with Crippen molar-refractivity contribution in [3.8, 4) is 11.5 Å². The minimum Gasteiger partial charge on any atom is -0.493 e. The van der Waals surface area contributed by atoms with Gasteiger partial charge in [-0.15, -0.1) is 0 Å². The largest absolute Gasteiger partial charge is 0.493 e. The number of fused-ring (bicyclic) bond motifs is 1. The molecule has 2 aromatic carbocycles. The lowest BCUT2D eigenvalue weighted by Gasteiger charge is -2.25. The van der Waals surface area contributed by atoms with Crippen LogP contribution in [0.25, 0.3) is 10.9 Å². The molecule has 0 aliphatic heterocycles. The Labute approximate surface area is 216 Å². The lowest BCUT2D eigenvalue weighted by molar-refractivity contribution is 0.350. The van der Waals surface area contributed by atoms with Crippen LogP contribution >= 0.6 is 12.2 Å². The second kappa shape index (κ2) is 11.3. The molecule has 8 heteroatoms. The molecule has 0 saturated heterocycles. The number of nitrogens with one attached hydrogen (secondary N) is 2. The fraction of sp³-hybridized carbons (Fsp3) is 0.286. The summed E-state index contributed by atoms with van der Waals surface area (Å²) in [6.45, 7) is 5.47. The van der Waals surface area contributed by atoms with E-state index in [0.717, 1.165) is 39.8 Å². The van der Waals surface area contributed by atoms with Gasteiger partial charge in [0, 0.05) is 12.1 Å². The quantitative estimate of drug-likeness (QED) is 0.314. The van der Waals surface area contributed by atoms with Crippen LogP contribution in [-0.4, -0.2) is 35.8 Å². The predicted octanol–water partition coefficient (Wildman–Crippen LogP) is 4.87. The lowest BCUT2D eigenvalue weighted by atomic mass is 10.1. The number of benzene rings is 2. The number of H-pyrrole nitrogens is 1. The van der Waals surface area contributed by atoms with E-state index in [1.807, 2.05) is 48.2 Å². The minimum absolute atomic E-state index is 0.118. The molecule has 0 spiro atoms. The van der Waals surface area contributed by atoms with Crippen LogP contribution in [0.3, 0.4) is 0 Å². The van der Waals surface area contributed by atoms with Crippen molar-refractivity contribution in [3.63, 3.8) is 0 Å². The Morgan fingerprint density at radius 2 is 1.86 bits per heavy atom. The number of aryl methyl sites for hydroxylation is 2. The smallest absolute Gasteiger partial charge is 0.253 e. The second-order valence-corrected chi connectivity index (χ2v) is 9.16. The lowest BCUT2D eigenvalue weighted by Crippen LogP contribution is -2.40. The Morgan fingerprint density at radius 3 is 2.58 bits per heavy atom. The Balaban J connectivity index is 1.51. The topological polar surface area (TPSA) is 79.7 Å². The summed E-state index contributed by atoms with van der Waals surface area (Å²) in [4.78, 5) is 17.9. The number of pyridine rings is 1. The van der Waals surface area contributed by atoms with Gasteiger partial charge in [-0.1, -0.05) is 17.7 Å². The summed E-state index contributed by atoms with van der Waals surface area (Å²) < 4.78 is 16.3. The molecule has 0 saturated carbocycles. The van der Waals surface area contributed by atoms with Crippen LogP contribution in [-0.2, 0) is 19.5 Å². The molecule has 188 valence electrons. The van der Waals surface area contributed by atoms with Crippen molar-refractivity contribution in [3.05, 3.63) is 93.2 Å². The van der Waals surface area contributed by atoms with Crippen LogP contribution in [0.4, 0.5) is 0 Å². The fourth-order valence-electron chi connectivity index (χ4n) is 4.31. The zero-order valence-corrected chi connectivity index (χ0v) is 21.8. The maximum absolute atomic E-state index is 13.0. The number of methoxy groups -OCH3 is 2. The van der Waals surface area contributed by atoms with Crippen molar-refractivity contribution in [2.45, 2.75) is 33.4 Å². The van der Waals surface area contributed by atoms with E-state index >= 15 is 0 Å². The van der Waals surface area contributed by atoms with E-state index in [9.17, 15) is 4.79 Å². The maximum Gasteiger partial charge on any atom is 0.253 e. The number of furan rings is 1. The average molecular weight is 506 g/mol. The predicted molar refractivity (Wildman–Crippen MR) is 146 cm³/mol. The second-order valence-electron chi connectivity index (χ2n) is 8.78. The molecular weight excluding hydrogens is 474 g/mol. The van der Waals surface area contributed by atoms with E-state index in [2.05, 4.69) is 29.4 Å². The van der Waals surface area contributed by atoms with Gasteiger partial charge in [-0.25, -0.2) is 0 Å². The summed E-state index contributed by atoms with van der Waals surface area (Å²) in [6, 6.07) is 15.7. The molecule has 4 aromatic rings. The molecular formula is C28H31N3O4S. The first-order valence-corrected chi connectivity index (χ1v) is 12.2. The summed E-state index contributed by atoms with van der Waals surface area (Å²) in [6.07, 6.45) is 2.37. The van der Waals surface area contributed by atoms with Gasteiger partial charge in [0.1, 0.15) is 5.76 Å². The van der Waals surface area contributed by atoms with Gasteiger partial charge in [-0.2, -0.15) is 0 Å². The molecule has 0 radical (unpaired) electrons. The molecule has 2 N–H and O–H groups in total. The standard InChI is InChI=1S/C28H31N3O4S/c1-18-12-19(2)26-21(13-18)15-22(27(32)30-26)16-31(17-23-6-5-11-35-23)28(36)29-10-9-20-7-8-24(33-3)25(14-20)34-4/h5-8,11-15H,9-10,16-17H2,1-4H3,(H,29,36)(H,30,32). The van der Waals surface area contributed by atoms with Gasteiger partial charge >= 0.3 is 0 Å². The molecule has 0 atom stereocenters. The zero-order chi connectivity index (χ0) is 25.7. The van der Waals surface area contributed by atoms with Crippen molar-refractivity contribution in [1.29, 1.82) is 0 Å². The number of hydrogen-bond donors (Lipinski definition) is 2. The molecule has 0 amide bonds. The van der Waals surface area contributed by atoms with E-state index in [-0.39, 0.29) is 5.56 Å². The first kappa shape index (κ1) is 25.3.